The standard InChI is InChI=1S/C8H9N5O2S2/c1-6-11-12-8(16-6)13(9)17(14,15)7-3-2-4-10-5-7/h2-5H,9H2,1H3. The van der Waals surface area contributed by atoms with Crippen LogP contribution in [-0.2, 0) is 10.0 Å². The third-order valence-electron chi connectivity index (χ3n) is 1.90. The van der Waals surface area contributed by atoms with E-state index >= 15 is 0 Å². The lowest BCUT2D eigenvalue weighted by molar-refractivity contribution is 0.591. The zero-order valence-corrected chi connectivity index (χ0v) is 10.4. The van der Waals surface area contributed by atoms with Crippen LogP contribution in [0, 0.1) is 6.92 Å². The summed E-state index contributed by atoms with van der Waals surface area (Å²) in [6.45, 7) is 1.71. The summed E-state index contributed by atoms with van der Waals surface area (Å²) in [5.41, 5.74) is 0. The predicted molar refractivity (Wildman–Crippen MR) is 62.7 cm³/mol. The maximum absolute atomic E-state index is 12.0. The van der Waals surface area contributed by atoms with E-state index in [0.717, 1.165) is 11.3 Å². The molecule has 7 nitrogen and oxygen atoms in total. The second-order valence-electron chi connectivity index (χ2n) is 3.09. The van der Waals surface area contributed by atoms with E-state index in [1.165, 1.54) is 24.5 Å². The molecule has 0 saturated carbocycles. The fourth-order valence-corrected chi connectivity index (χ4v) is 2.93. The van der Waals surface area contributed by atoms with Gasteiger partial charge >= 0.3 is 0 Å². The first-order chi connectivity index (χ1) is 8.01. The number of hydrazine groups is 1. The zero-order chi connectivity index (χ0) is 12.5. The molecule has 0 aliphatic carbocycles. The molecule has 0 amide bonds. The smallest absolute Gasteiger partial charge is 0.263 e. The van der Waals surface area contributed by atoms with E-state index < -0.39 is 10.0 Å². The van der Waals surface area contributed by atoms with Crippen LogP contribution in [-0.4, -0.2) is 23.6 Å². The molecule has 0 radical (unpaired) electrons. The Bertz CT molecular complexity index is 610. The number of pyridine rings is 1. The molecule has 0 aromatic carbocycles. The highest BCUT2D eigenvalue weighted by Crippen LogP contribution is 2.22. The maximum atomic E-state index is 12.0. The van der Waals surface area contributed by atoms with E-state index in [0.29, 0.717) is 9.42 Å². The van der Waals surface area contributed by atoms with E-state index in [9.17, 15) is 8.42 Å². The molecule has 2 rings (SSSR count). The third kappa shape index (κ3) is 2.25. The molecule has 0 aliphatic rings. The average Bonchev–Trinajstić information content (AvgIpc) is 2.76. The van der Waals surface area contributed by atoms with Gasteiger partial charge in [0.2, 0.25) is 5.13 Å². The number of rotatable bonds is 3. The van der Waals surface area contributed by atoms with Crippen molar-refractivity contribution in [3.05, 3.63) is 29.5 Å². The predicted octanol–water partition coefficient (Wildman–Crippen LogP) is 0.311. The summed E-state index contributed by atoms with van der Waals surface area (Å²) >= 11 is 1.10. The van der Waals surface area contributed by atoms with Gasteiger partial charge in [-0.1, -0.05) is 11.3 Å². The molecule has 0 atom stereocenters. The second kappa shape index (κ2) is 4.35. The lowest BCUT2D eigenvalue weighted by Gasteiger charge is -2.14. The Balaban J connectivity index is 2.40. The topological polar surface area (TPSA) is 102 Å². The highest BCUT2D eigenvalue weighted by Gasteiger charge is 2.24. The molecule has 0 unspecified atom stereocenters. The molecule has 0 saturated heterocycles. The van der Waals surface area contributed by atoms with Gasteiger partial charge < -0.3 is 0 Å². The van der Waals surface area contributed by atoms with Gasteiger partial charge in [-0.25, -0.2) is 5.84 Å². The van der Waals surface area contributed by atoms with Crippen molar-refractivity contribution in [2.24, 2.45) is 5.84 Å². The number of hydrogen-bond acceptors (Lipinski definition) is 7. The molecule has 0 bridgehead atoms. The summed E-state index contributed by atoms with van der Waals surface area (Å²) < 4.78 is 24.7. The second-order valence-corrected chi connectivity index (χ2v) is 6.07. The van der Waals surface area contributed by atoms with E-state index in [2.05, 4.69) is 15.2 Å². The molecular weight excluding hydrogens is 262 g/mol. The molecule has 0 spiro atoms. The van der Waals surface area contributed by atoms with E-state index in [1.807, 2.05) is 0 Å². The zero-order valence-electron chi connectivity index (χ0n) is 8.81. The van der Waals surface area contributed by atoms with Gasteiger partial charge in [-0.3, -0.25) is 4.98 Å². The monoisotopic (exact) mass is 271 g/mol. The van der Waals surface area contributed by atoms with Crippen molar-refractivity contribution in [3.8, 4) is 0 Å². The van der Waals surface area contributed by atoms with Gasteiger partial charge in [0.05, 0.1) is 0 Å². The Morgan fingerprint density at radius 3 is 2.71 bits per heavy atom. The van der Waals surface area contributed by atoms with Gasteiger partial charge in [-0.2, -0.15) is 12.8 Å². The van der Waals surface area contributed by atoms with Crippen molar-refractivity contribution < 1.29 is 8.42 Å². The molecule has 2 N–H and O–H groups in total. The molecule has 2 aromatic rings. The van der Waals surface area contributed by atoms with Crippen LogP contribution in [0.4, 0.5) is 5.13 Å². The Kier molecular flexibility index (Phi) is 3.05. The Labute approximate surface area is 102 Å². The summed E-state index contributed by atoms with van der Waals surface area (Å²) in [4.78, 5) is 3.75. The van der Waals surface area contributed by atoms with E-state index in [-0.39, 0.29) is 10.0 Å². The van der Waals surface area contributed by atoms with Crippen LogP contribution in [0.3, 0.4) is 0 Å². The van der Waals surface area contributed by atoms with Crippen LogP contribution in [0.1, 0.15) is 5.01 Å². The van der Waals surface area contributed by atoms with Crippen LogP contribution in [0.5, 0.6) is 0 Å². The minimum absolute atomic E-state index is 0.00959. The van der Waals surface area contributed by atoms with Crippen LogP contribution in [0.25, 0.3) is 0 Å². The first kappa shape index (κ1) is 11.9. The van der Waals surface area contributed by atoms with Gasteiger partial charge in [-0.15, -0.1) is 10.2 Å². The summed E-state index contributed by atoms with van der Waals surface area (Å²) in [5, 5.41) is 8.14. The first-order valence-electron chi connectivity index (χ1n) is 4.52. The molecule has 0 aliphatic heterocycles. The lowest BCUT2D eigenvalue weighted by Crippen LogP contribution is -2.37. The van der Waals surface area contributed by atoms with Crippen LogP contribution in [0.15, 0.2) is 29.4 Å². The third-order valence-corrected chi connectivity index (χ3v) is 4.38. The SMILES string of the molecule is Cc1nnc(N(N)S(=O)(=O)c2cccnc2)s1. The fraction of sp³-hybridized carbons (Fsp3) is 0.125. The van der Waals surface area contributed by atoms with Crippen LogP contribution >= 0.6 is 11.3 Å². The number of nitrogens with two attached hydrogens (primary N) is 1. The molecule has 0 fully saturated rings. The highest BCUT2D eigenvalue weighted by molar-refractivity contribution is 7.93. The summed E-state index contributed by atoms with van der Waals surface area (Å²) in [6.07, 6.45) is 2.71. The number of aryl methyl sites for hydroxylation is 1. The number of sulfonamides is 1. The molecular formula is C8H9N5O2S2. The number of aromatic nitrogens is 3. The summed E-state index contributed by atoms with van der Waals surface area (Å²) in [6, 6.07) is 2.93. The molecule has 9 heteroatoms. The summed E-state index contributed by atoms with van der Waals surface area (Å²) in [7, 11) is -3.82. The van der Waals surface area contributed by atoms with Gasteiger partial charge in [0, 0.05) is 12.4 Å². The molecule has 2 aromatic heterocycles. The van der Waals surface area contributed by atoms with Crippen LogP contribution in [0.2, 0.25) is 0 Å². The van der Waals surface area contributed by atoms with E-state index in [4.69, 9.17) is 5.84 Å². The number of hydrogen-bond donors (Lipinski definition) is 1. The Hall–Kier alpha value is -1.58. The van der Waals surface area contributed by atoms with Crippen molar-refractivity contribution in [1.29, 1.82) is 0 Å². The Morgan fingerprint density at radius 2 is 2.18 bits per heavy atom. The van der Waals surface area contributed by atoms with Gasteiger partial charge in [-0.05, 0) is 19.1 Å². The van der Waals surface area contributed by atoms with Gasteiger partial charge in [0.15, 0.2) is 0 Å². The van der Waals surface area contributed by atoms with Crippen molar-refractivity contribution in [1.82, 2.24) is 15.2 Å². The maximum Gasteiger partial charge on any atom is 0.281 e. The number of nitrogens with zero attached hydrogens (tertiary/aromatic N) is 4. The molecule has 90 valence electrons. The van der Waals surface area contributed by atoms with Gasteiger partial charge in [0.25, 0.3) is 10.0 Å². The van der Waals surface area contributed by atoms with E-state index in [1.54, 1.807) is 6.92 Å². The average molecular weight is 271 g/mol. The first-order valence-corrected chi connectivity index (χ1v) is 6.77. The van der Waals surface area contributed by atoms with Crippen molar-refractivity contribution in [2.75, 3.05) is 4.41 Å². The van der Waals surface area contributed by atoms with Crippen molar-refractivity contribution in [3.63, 3.8) is 0 Å². The van der Waals surface area contributed by atoms with Crippen molar-refractivity contribution in [2.45, 2.75) is 11.8 Å². The van der Waals surface area contributed by atoms with Crippen molar-refractivity contribution >= 4 is 26.5 Å². The minimum atomic E-state index is -3.82. The Morgan fingerprint density at radius 1 is 1.41 bits per heavy atom. The quantitative estimate of drug-likeness (QED) is 0.636. The van der Waals surface area contributed by atoms with Gasteiger partial charge in [0.1, 0.15) is 9.90 Å². The van der Waals surface area contributed by atoms with Crippen LogP contribution < -0.4 is 10.3 Å². The largest absolute Gasteiger partial charge is 0.281 e. The number of anilines is 1. The molecule has 2 heterocycles. The fourth-order valence-electron chi connectivity index (χ4n) is 1.09. The normalized spacial score (nSPS) is 11.4. The highest BCUT2D eigenvalue weighted by atomic mass is 32.2. The minimum Gasteiger partial charge on any atom is -0.263 e. The molecule has 17 heavy (non-hydrogen) atoms. The lowest BCUT2D eigenvalue weighted by atomic mass is 10.5. The summed E-state index contributed by atoms with van der Waals surface area (Å²) in [5.74, 6) is 5.54.